The first-order chi connectivity index (χ1) is 8.20. The standard InChI is InChI=1S/C8H7N3O2S4/c1-2-14-7-9-10-8(17-7)16-5-3-4-15-6(5)11(12)13/h3-4H,2H2,1H3. The molecule has 0 N–H and O–H groups in total. The highest BCUT2D eigenvalue weighted by Gasteiger charge is 2.18. The molecule has 0 aliphatic rings. The summed E-state index contributed by atoms with van der Waals surface area (Å²) in [6.07, 6.45) is 0. The second kappa shape index (κ2) is 5.80. The van der Waals surface area contributed by atoms with Crippen LogP contribution in [-0.2, 0) is 0 Å². The lowest BCUT2D eigenvalue weighted by Gasteiger charge is -1.91. The van der Waals surface area contributed by atoms with Gasteiger partial charge >= 0.3 is 5.00 Å². The SMILES string of the molecule is CCSc1nnc(Sc2ccsc2[N+](=O)[O-])s1. The molecular weight excluding hydrogens is 298 g/mol. The Hall–Kier alpha value is -0.640. The van der Waals surface area contributed by atoms with Crippen LogP contribution in [0.25, 0.3) is 0 Å². The maximum absolute atomic E-state index is 10.7. The van der Waals surface area contributed by atoms with Crippen LogP contribution in [0.15, 0.2) is 25.0 Å². The summed E-state index contributed by atoms with van der Waals surface area (Å²) in [5.74, 6) is 0.942. The van der Waals surface area contributed by atoms with Crippen molar-refractivity contribution in [2.75, 3.05) is 5.75 Å². The average Bonchev–Trinajstić information content (AvgIpc) is 2.89. The molecule has 5 nitrogen and oxygen atoms in total. The molecule has 0 saturated heterocycles. The number of nitro groups is 1. The van der Waals surface area contributed by atoms with Gasteiger partial charge in [0.25, 0.3) is 0 Å². The molecule has 0 atom stereocenters. The van der Waals surface area contributed by atoms with Gasteiger partial charge in [0.05, 0.1) is 4.92 Å². The summed E-state index contributed by atoms with van der Waals surface area (Å²) in [5.41, 5.74) is 0. The third-order valence-electron chi connectivity index (χ3n) is 1.63. The predicted octanol–water partition coefficient (Wildman–Crippen LogP) is 3.77. The highest BCUT2D eigenvalue weighted by Crippen LogP contribution is 2.40. The Morgan fingerprint density at radius 3 is 2.94 bits per heavy atom. The summed E-state index contributed by atoms with van der Waals surface area (Å²) >= 11 is 5.50. The van der Waals surface area contributed by atoms with Gasteiger partial charge in [-0.3, -0.25) is 10.1 Å². The minimum atomic E-state index is -0.365. The summed E-state index contributed by atoms with van der Waals surface area (Å²) in [6, 6.07) is 1.74. The molecule has 0 aliphatic heterocycles. The fraction of sp³-hybridized carbons (Fsp3) is 0.250. The van der Waals surface area contributed by atoms with Gasteiger partial charge in [-0.05, 0) is 29.0 Å². The van der Waals surface area contributed by atoms with Gasteiger partial charge < -0.3 is 0 Å². The summed E-state index contributed by atoms with van der Waals surface area (Å²) in [7, 11) is 0. The number of nitrogens with zero attached hydrogens (tertiary/aromatic N) is 3. The molecule has 0 aliphatic carbocycles. The van der Waals surface area contributed by atoms with Crippen molar-refractivity contribution >= 4 is 51.2 Å². The van der Waals surface area contributed by atoms with Gasteiger partial charge in [-0.15, -0.1) is 10.2 Å². The van der Waals surface area contributed by atoms with Crippen molar-refractivity contribution in [3.05, 3.63) is 21.6 Å². The largest absolute Gasteiger partial charge is 0.338 e. The molecule has 0 bridgehead atoms. The fourth-order valence-electron chi connectivity index (χ4n) is 1.01. The van der Waals surface area contributed by atoms with E-state index >= 15 is 0 Å². The molecule has 2 aromatic rings. The van der Waals surface area contributed by atoms with Crippen molar-refractivity contribution in [1.82, 2.24) is 10.2 Å². The monoisotopic (exact) mass is 305 g/mol. The van der Waals surface area contributed by atoms with Crippen molar-refractivity contribution < 1.29 is 4.92 Å². The van der Waals surface area contributed by atoms with E-state index in [4.69, 9.17) is 0 Å². The van der Waals surface area contributed by atoms with E-state index < -0.39 is 0 Å². The number of aromatic nitrogens is 2. The van der Waals surface area contributed by atoms with Gasteiger partial charge in [0.2, 0.25) is 0 Å². The predicted molar refractivity (Wildman–Crippen MR) is 71.4 cm³/mol. The number of hydrogen-bond donors (Lipinski definition) is 0. The first kappa shape index (κ1) is 12.8. The number of thiophene rings is 1. The molecule has 0 amide bonds. The van der Waals surface area contributed by atoms with E-state index in [0.29, 0.717) is 4.90 Å². The maximum atomic E-state index is 10.7. The Morgan fingerprint density at radius 1 is 1.47 bits per heavy atom. The smallest absolute Gasteiger partial charge is 0.258 e. The highest BCUT2D eigenvalue weighted by atomic mass is 32.2. The first-order valence-corrected chi connectivity index (χ1v) is 8.06. The Labute approximate surface area is 114 Å². The average molecular weight is 305 g/mol. The number of rotatable bonds is 5. The zero-order valence-corrected chi connectivity index (χ0v) is 11.9. The van der Waals surface area contributed by atoms with Crippen LogP contribution in [0.2, 0.25) is 0 Å². The molecule has 17 heavy (non-hydrogen) atoms. The van der Waals surface area contributed by atoms with Gasteiger partial charge in [0.15, 0.2) is 8.68 Å². The third-order valence-corrected chi connectivity index (χ3v) is 5.66. The lowest BCUT2D eigenvalue weighted by Crippen LogP contribution is -1.84. The van der Waals surface area contributed by atoms with Crippen LogP contribution in [0.1, 0.15) is 6.92 Å². The van der Waals surface area contributed by atoms with E-state index in [-0.39, 0.29) is 9.92 Å². The van der Waals surface area contributed by atoms with Gasteiger partial charge in [0, 0.05) is 0 Å². The molecule has 0 radical (unpaired) electrons. The van der Waals surface area contributed by atoms with Crippen molar-refractivity contribution in [1.29, 1.82) is 0 Å². The highest BCUT2D eigenvalue weighted by molar-refractivity contribution is 8.03. The van der Waals surface area contributed by atoms with Crippen molar-refractivity contribution in [2.45, 2.75) is 20.5 Å². The molecular formula is C8H7N3O2S4. The minimum Gasteiger partial charge on any atom is -0.258 e. The van der Waals surface area contributed by atoms with E-state index in [1.54, 1.807) is 23.2 Å². The topological polar surface area (TPSA) is 68.9 Å². The fourth-order valence-corrected chi connectivity index (χ4v) is 4.86. The lowest BCUT2D eigenvalue weighted by atomic mass is 10.6. The summed E-state index contributed by atoms with van der Waals surface area (Å²) in [5, 5.41) is 20.6. The van der Waals surface area contributed by atoms with Crippen LogP contribution >= 0.6 is 46.2 Å². The number of hydrogen-bond acceptors (Lipinski definition) is 8. The zero-order chi connectivity index (χ0) is 12.3. The Bertz CT molecular complexity index is 524. The first-order valence-electron chi connectivity index (χ1n) is 4.56. The van der Waals surface area contributed by atoms with Crippen LogP contribution in [0.4, 0.5) is 5.00 Å². The zero-order valence-electron chi connectivity index (χ0n) is 8.65. The van der Waals surface area contributed by atoms with Crippen LogP contribution < -0.4 is 0 Å². The van der Waals surface area contributed by atoms with Crippen molar-refractivity contribution in [3.8, 4) is 0 Å². The van der Waals surface area contributed by atoms with Crippen LogP contribution in [0.5, 0.6) is 0 Å². The lowest BCUT2D eigenvalue weighted by molar-refractivity contribution is -0.382. The van der Waals surface area contributed by atoms with Crippen molar-refractivity contribution in [2.24, 2.45) is 0 Å². The van der Waals surface area contributed by atoms with E-state index in [9.17, 15) is 10.1 Å². The Kier molecular flexibility index (Phi) is 4.37. The molecule has 2 aromatic heterocycles. The van der Waals surface area contributed by atoms with Crippen LogP contribution in [0, 0.1) is 10.1 Å². The van der Waals surface area contributed by atoms with Gasteiger partial charge in [-0.2, -0.15) is 0 Å². The van der Waals surface area contributed by atoms with E-state index in [1.807, 2.05) is 6.92 Å². The molecule has 0 unspecified atom stereocenters. The summed E-state index contributed by atoms with van der Waals surface area (Å²) in [6.45, 7) is 2.04. The van der Waals surface area contributed by atoms with Crippen molar-refractivity contribution in [3.63, 3.8) is 0 Å². The summed E-state index contributed by atoms with van der Waals surface area (Å²) < 4.78 is 1.63. The minimum absolute atomic E-state index is 0.162. The molecule has 9 heteroatoms. The molecule has 0 aromatic carbocycles. The molecule has 0 fully saturated rings. The maximum Gasteiger partial charge on any atom is 0.338 e. The van der Waals surface area contributed by atoms with E-state index in [2.05, 4.69) is 10.2 Å². The van der Waals surface area contributed by atoms with E-state index in [0.717, 1.165) is 25.8 Å². The normalized spacial score (nSPS) is 10.6. The summed E-state index contributed by atoms with van der Waals surface area (Å²) in [4.78, 5) is 11.0. The molecule has 0 saturated carbocycles. The Balaban J connectivity index is 2.14. The molecule has 90 valence electrons. The van der Waals surface area contributed by atoms with Gasteiger partial charge in [-0.1, -0.05) is 41.4 Å². The van der Waals surface area contributed by atoms with E-state index in [1.165, 1.54) is 23.1 Å². The second-order valence-corrected chi connectivity index (χ2v) is 7.39. The third kappa shape index (κ3) is 3.18. The molecule has 0 spiro atoms. The quantitative estimate of drug-likeness (QED) is 0.476. The van der Waals surface area contributed by atoms with Crippen LogP contribution in [-0.4, -0.2) is 20.9 Å². The Morgan fingerprint density at radius 2 is 2.24 bits per heavy atom. The van der Waals surface area contributed by atoms with Gasteiger partial charge in [0.1, 0.15) is 4.90 Å². The molecule has 2 rings (SSSR count). The van der Waals surface area contributed by atoms with Crippen LogP contribution in [0.3, 0.4) is 0 Å². The number of thioether (sulfide) groups is 1. The second-order valence-electron chi connectivity index (χ2n) is 2.72. The van der Waals surface area contributed by atoms with Gasteiger partial charge in [-0.25, -0.2) is 0 Å². The molecule has 2 heterocycles.